The van der Waals surface area contributed by atoms with Crippen molar-refractivity contribution in [2.24, 2.45) is 11.8 Å². The molecule has 2 aliphatic carbocycles. The van der Waals surface area contributed by atoms with E-state index in [1.165, 1.54) is 6.07 Å². The van der Waals surface area contributed by atoms with Crippen molar-refractivity contribution in [3.8, 4) is 22.9 Å². The van der Waals surface area contributed by atoms with Crippen molar-refractivity contribution < 1.29 is 32.2 Å². The van der Waals surface area contributed by atoms with Gasteiger partial charge in [-0.3, -0.25) is 4.79 Å². The average molecular weight is 539 g/mol. The SMILES string of the molecule is Cc1nc(OC2CCS(=O)(=O)CC2)ccc1-c1ccc(F)c(COc2cc3c(cn2)C2C(C3)C2C(=O)O)c1. The number of carboxylic acid groups (broad SMARTS) is 1. The van der Waals surface area contributed by atoms with Gasteiger partial charge in [0.2, 0.25) is 11.8 Å². The Kier molecular flexibility index (Phi) is 6.09. The Morgan fingerprint density at radius 1 is 1.13 bits per heavy atom. The predicted octanol–water partition coefficient (Wildman–Crippen LogP) is 4.10. The molecule has 0 amide bonds. The number of fused-ring (bicyclic) bond motifs is 3. The van der Waals surface area contributed by atoms with E-state index in [2.05, 4.69) is 9.97 Å². The van der Waals surface area contributed by atoms with Crippen molar-refractivity contribution in [3.05, 3.63) is 70.8 Å². The third kappa shape index (κ3) is 4.73. The van der Waals surface area contributed by atoms with Gasteiger partial charge in [-0.15, -0.1) is 0 Å². The summed E-state index contributed by atoms with van der Waals surface area (Å²) in [5, 5.41) is 9.28. The van der Waals surface area contributed by atoms with Crippen LogP contribution in [0.15, 0.2) is 42.6 Å². The number of carboxylic acids is 1. The van der Waals surface area contributed by atoms with Crippen LogP contribution in [0.3, 0.4) is 0 Å². The first-order valence-electron chi connectivity index (χ1n) is 12.7. The van der Waals surface area contributed by atoms with Gasteiger partial charge in [-0.25, -0.2) is 22.8 Å². The molecule has 2 fully saturated rings. The van der Waals surface area contributed by atoms with Crippen LogP contribution in [0.2, 0.25) is 0 Å². The van der Waals surface area contributed by atoms with E-state index in [9.17, 15) is 22.7 Å². The third-order valence-electron chi connectivity index (χ3n) is 7.85. The summed E-state index contributed by atoms with van der Waals surface area (Å²) in [6.07, 6.45) is 3.12. The van der Waals surface area contributed by atoms with Crippen molar-refractivity contribution in [3.63, 3.8) is 0 Å². The summed E-state index contributed by atoms with van der Waals surface area (Å²) >= 11 is 0. The number of aliphatic carboxylic acids is 1. The van der Waals surface area contributed by atoms with Gasteiger partial charge >= 0.3 is 5.97 Å². The standard InChI is InChI=1S/C28H27FN2O6S/c1-15-20(3-5-24(31-15)37-19-6-8-38(34,35)9-7-19)16-2-4-23(29)18(10-16)14-36-25-12-17-11-21-26(22(17)13-30-25)27(21)28(32)33/h2-5,10,12-13,19,21,26-27H,6-9,11,14H2,1H3,(H,32,33). The molecular weight excluding hydrogens is 511 g/mol. The summed E-state index contributed by atoms with van der Waals surface area (Å²) in [6.45, 7) is 1.84. The first-order valence-corrected chi connectivity index (χ1v) is 14.5. The summed E-state index contributed by atoms with van der Waals surface area (Å²) in [7, 11) is -2.96. The van der Waals surface area contributed by atoms with Crippen LogP contribution < -0.4 is 9.47 Å². The Balaban J connectivity index is 1.13. The number of aryl methyl sites for hydroxylation is 1. The van der Waals surface area contributed by atoms with Gasteiger partial charge in [0.25, 0.3) is 0 Å². The molecular formula is C28H27FN2O6S. The molecule has 0 spiro atoms. The van der Waals surface area contributed by atoms with Crippen LogP contribution in [-0.4, -0.2) is 47.1 Å². The highest BCUT2D eigenvalue weighted by atomic mass is 32.2. The van der Waals surface area contributed by atoms with E-state index >= 15 is 0 Å². The number of hydrogen-bond donors (Lipinski definition) is 1. The summed E-state index contributed by atoms with van der Waals surface area (Å²) in [6, 6.07) is 10.3. The van der Waals surface area contributed by atoms with Crippen LogP contribution in [0.4, 0.5) is 4.39 Å². The van der Waals surface area contributed by atoms with Crippen molar-refractivity contribution in [1.82, 2.24) is 9.97 Å². The van der Waals surface area contributed by atoms with Crippen LogP contribution in [0.1, 0.15) is 41.1 Å². The summed E-state index contributed by atoms with van der Waals surface area (Å²) < 4.78 is 49.7. The van der Waals surface area contributed by atoms with E-state index in [4.69, 9.17) is 9.47 Å². The molecule has 1 aromatic carbocycles. The Hall–Kier alpha value is -3.53. The molecule has 3 unspecified atom stereocenters. The molecule has 2 aromatic heterocycles. The summed E-state index contributed by atoms with van der Waals surface area (Å²) in [5.74, 6) is -0.184. The lowest BCUT2D eigenvalue weighted by Crippen LogP contribution is -2.30. The number of carbonyl (C=O) groups is 1. The minimum atomic E-state index is -2.96. The lowest BCUT2D eigenvalue weighted by molar-refractivity contribution is -0.139. The van der Waals surface area contributed by atoms with Gasteiger partial charge in [0.05, 0.1) is 17.4 Å². The van der Waals surface area contributed by atoms with Gasteiger partial charge in [-0.05, 0) is 67.0 Å². The fourth-order valence-corrected chi connectivity index (χ4v) is 7.20. The minimum absolute atomic E-state index is 0.00563. The molecule has 3 atom stereocenters. The number of ether oxygens (including phenoxy) is 2. The van der Waals surface area contributed by atoms with Crippen LogP contribution in [0.25, 0.3) is 11.1 Å². The van der Waals surface area contributed by atoms with Gasteiger partial charge in [0.1, 0.15) is 18.5 Å². The Morgan fingerprint density at radius 2 is 1.92 bits per heavy atom. The largest absolute Gasteiger partial charge is 0.481 e. The van der Waals surface area contributed by atoms with E-state index in [0.717, 1.165) is 22.3 Å². The molecule has 198 valence electrons. The van der Waals surface area contributed by atoms with Crippen molar-refractivity contribution in [2.75, 3.05) is 11.5 Å². The molecule has 6 rings (SSSR count). The molecule has 3 aliphatic rings. The summed E-state index contributed by atoms with van der Waals surface area (Å²) in [5.41, 5.74) is 4.73. The highest BCUT2D eigenvalue weighted by molar-refractivity contribution is 7.91. The first-order chi connectivity index (χ1) is 18.2. The van der Waals surface area contributed by atoms with Crippen LogP contribution >= 0.6 is 0 Å². The van der Waals surface area contributed by atoms with E-state index in [-0.39, 0.29) is 42.0 Å². The zero-order chi connectivity index (χ0) is 26.6. The number of benzene rings is 1. The van der Waals surface area contributed by atoms with E-state index in [1.807, 2.05) is 19.1 Å². The number of hydrogen-bond acceptors (Lipinski definition) is 7. The highest BCUT2D eigenvalue weighted by Gasteiger charge is 2.59. The quantitative estimate of drug-likeness (QED) is 0.478. The molecule has 1 aliphatic heterocycles. The van der Waals surface area contributed by atoms with Crippen molar-refractivity contribution >= 4 is 15.8 Å². The predicted molar refractivity (Wildman–Crippen MR) is 136 cm³/mol. The first kappa shape index (κ1) is 24.8. The zero-order valence-corrected chi connectivity index (χ0v) is 21.6. The smallest absolute Gasteiger partial charge is 0.307 e. The third-order valence-corrected chi connectivity index (χ3v) is 9.56. The maximum Gasteiger partial charge on any atom is 0.307 e. The number of rotatable bonds is 7. The molecule has 3 aromatic rings. The highest BCUT2D eigenvalue weighted by Crippen LogP contribution is 2.61. The van der Waals surface area contributed by atoms with Gasteiger partial charge in [0, 0.05) is 41.1 Å². The fourth-order valence-electron chi connectivity index (χ4n) is 5.75. The van der Waals surface area contributed by atoms with E-state index < -0.39 is 21.6 Å². The average Bonchev–Trinajstić information content (AvgIpc) is 3.47. The Bertz CT molecular complexity index is 1530. The van der Waals surface area contributed by atoms with E-state index in [0.29, 0.717) is 42.3 Å². The minimum Gasteiger partial charge on any atom is -0.481 e. The van der Waals surface area contributed by atoms with Crippen molar-refractivity contribution in [2.45, 2.75) is 44.8 Å². The van der Waals surface area contributed by atoms with Crippen LogP contribution in [0.5, 0.6) is 11.8 Å². The second kappa shape index (κ2) is 9.34. The molecule has 1 saturated carbocycles. The lowest BCUT2D eigenvalue weighted by atomic mass is 10.0. The normalized spacial score (nSPS) is 23.4. The maximum atomic E-state index is 14.6. The molecule has 8 nitrogen and oxygen atoms in total. The number of halogens is 1. The molecule has 10 heteroatoms. The van der Waals surface area contributed by atoms with Crippen molar-refractivity contribution in [1.29, 1.82) is 0 Å². The Labute approximate surface area is 219 Å². The van der Waals surface area contributed by atoms with Gasteiger partial charge in [-0.2, -0.15) is 0 Å². The number of sulfone groups is 1. The molecule has 1 N–H and O–H groups in total. The van der Waals surface area contributed by atoms with Gasteiger partial charge in [0.15, 0.2) is 9.84 Å². The molecule has 1 saturated heterocycles. The van der Waals surface area contributed by atoms with Crippen LogP contribution in [0, 0.1) is 24.6 Å². The van der Waals surface area contributed by atoms with Crippen LogP contribution in [-0.2, 0) is 27.7 Å². The zero-order valence-electron chi connectivity index (χ0n) is 20.8. The molecule has 0 bridgehead atoms. The van der Waals surface area contributed by atoms with Gasteiger partial charge < -0.3 is 14.6 Å². The number of pyridine rings is 2. The second-order valence-corrected chi connectivity index (χ2v) is 12.6. The monoisotopic (exact) mass is 538 g/mol. The summed E-state index contributed by atoms with van der Waals surface area (Å²) in [4.78, 5) is 20.2. The Morgan fingerprint density at radius 3 is 2.66 bits per heavy atom. The molecule has 38 heavy (non-hydrogen) atoms. The lowest BCUT2D eigenvalue weighted by Gasteiger charge is -2.23. The second-order valence-electron chi connectivity index (χ2n) is 10.3. The fraction of sp³-hybridized carbons (Fsp3) is 0.393. The maximum absolute atomic E-state index is 14.6. The number of aromatic nitrogens is 2. The molecule has 3 heterocycles. The van der Waals surface area contributed by atoms with E-state index in [1.54, 1.807) is 24.4 Å². The molecule has 0 radical (unpaired) electrons. The topological polar surface area (TPSA) is 116 Å². The number of nitrogens with zero attached hydrogens (tertiary/aromatic N) is 2. The van der Waals surface area contributed by atoms with Gasteiger partial charge in [-0.1, -0.05) is 6.07 Å².